The summed E-state index contributed by atoms with van der Waals surface area (Å²) in [5.74, 6) is 3.48. The summed E-state index contributed by atoms with van der Waals surface area (Å²) in [4.78, 5) is 13.8. The number of anilines is 2. The molecule has 0 spiro atoms. The molecule has 0 atom stereocenters. The normalized spacial score (nSPS) is 10.6. The van der Waals surface area contributed by atoms with Gasteiger partial charge in [-0.25, -0.2) is 0 Å². The van der Waals surface area contributed by atoms with Crippen molar-refractivity contribution in [2.24, 2.45) is 0 Å². The maximum absolute atomic E-state index is 5.49. The number of ether oxygens (including phenoxy) is 6. The fraction of sp³-hybridized carbons (Fsp3) is 0.333. The average molecular weight is 589 g/mol. The standard InChI is InChI=1S/C33H40N4O6/c1-36(24-10-12-26(34-20-24)22-16-28(38-3)32(42-7)29(17-22)39-4)14-9-15-37(2)25-11-13-27(35-21-25)23-18-30(40-5)33(43-8)31(19-23)41-6/h10-13,16-21H,9,14-15H2,1-8H3. The highest BCUT2D eigenvalue weighted by Gasteiger charge is 2.16. The molecule has 4 rings (SSSR count). The van der Waals surface area contributed by atoms with Gasteiger partial charge in [0, 0.05) is 38.3 Å². The van der Waals surface area contributed by atoms with Gasteiger partial charge in [-0.2, -0.15) is 0 Å². The molecule has 0 unspecified atom stereocenters. The lowest BCUT2D eigenvalue weighted by Gasteiger charge is -2.23. The second-order valence-corrected chi connectivity index (χ2v) is 9.83. The first kappa shape index (κ1) is 31.1. The Bertz CT molecular complexity index is 1330. The number of hydrogen-bond donors (Lipinski definition) is 0. The highest BCUT2D eigenvalue weighted by Crippen LogP contribution is 2.42. The molecule has 0 radical (unpaired) electrons. The van der Waals surface area contributed by atoms with Crippen LogP contribution in [-0.4, -0.2) is 79.8 Å². The molecule has 2 aromatic carbocycles. The van der Waals surface area contributed by atoms with E-state index in [1.165, 1.54) is 0 Å². The molecule has 2 heterocycles. The molecule has 0 bridgehead atoms. The number of hydrogen-bond acceptors (Lipinski definition) is 10. The number of pyridine rings is 2. The molecule has 4 aromatic rings. The Labute approximate surface area is 253 Å². The predicted molar refractivity (Wildman–Crippen MR) is 170 cm³/mol. The van der Waals surface area contributed by atoms with E-state index in [1.807, 2.05) is 48.8 Å². The van der Waals surface area contributed by atoms with Gasteiger partial charge in [0.1, 0.15) is 0 Å². The summed E-state index contributed by atoms with van der Waals surface area (Å²) in [7, 11) is 13.7. The van der Waals surface area contributed by atoms with Crippen molar-refractivity contribution in [2.45, 2.75) is 6.42 Å². The summed E-state index contributed by atoms with van der Waals surface area (Å²) in [5.41, 5.74) is 5.48. The molecule has 0 aliphatic rings. The fourth-order valence-electron chi connectivity index (χ4n) is 4.83. The lowest BCUT2D eigenvalue weighted by atomic mass is 10.1. The van der Waals surface area contributed by atoms with Gasteiger partial charge in [0.2, 0.25) is 11.5 Å². The van der Waals surface area contributed by atoms with E-state index in [0.717, 1.165) is 53.4 Å². The number of nitrogens with zero attached hydrogens (tertiary/aromatic N) is 4. The van der Waals surface area contributed by atoms with Gasteiger partial charge in [0.15, 0.2) is 23.0 Å². The van der Waals surface area contributed by atoms with Gasteiger partial charge in [0.05, 0.1) is 77.8 Å². The topological polar surface area (TPSA) is 87.6 Å². The molecular formula is C33H40N4O6. The van der Waals surface area contributed by atoms with Crippen LogP contribution in [0.4, 0.5) is 11.4 Å². The monoisotopic (exact) mass is 588 g/mol. The molecule has 0 aliphatic carbocycles. The van der Waals surface area contributed by atoms with Crippen LogP contribution in [0.2, 0.25) is 0 Å². The second-order valence-electron chi connectivity index (χ2n) is 9.83. The van der Waals surface area contributed by atoms with Gasteiger partial charge in [-0.1, -0.05) is 0 Å². The van der Waals surface area contributed by atoms with E-state index in [9.17, 15) is 0 Å². The first-order valence-corrected chi connectivity index (χ1v) is 13.8. The fourth-order valence-corrected chi connectivity index (χ4v) is 4.83. The number of rotatable bonds is 14. The van der Waals surface area contributed by atoms with Crippen LogP contribution >= 0.6 is 0 Å². The highest BCUT2D eigenvalue weighted by molar-refractivity contribution is 5.70. The summed E-state index contributed by atoms with van der Waals surface area (Å²) in [5, 5.41) is 0. The summed E-state index contributed by atoms with van der Waals surface area (Å²) in [6.07, 6.45) is 4.72. The number of benzene rings is 2. The van der Waals surface area contributed by atoms with Crippen molar-refractivity contribution in [2.75, 3.05) is 79.6 Å². The molecular weight excluding hydrogens is 548 g/mol. The maximum atomic E-state index is 5.49. The van der Waals surface area contributed by atoms with Crippen LogP contribution in [0, 0.1) is 0 Å². The Hall–Kier alpha value is -4.86. The third-order valence-corrected chi connectivity index (χ3v) is 7.29. The molecule has 228 valence electrons. The first-order chi connectivity index (χ1) is 20.9. The largest absolute Gasteiger partial charge is 0.493 e. The number of methoxy groups -OCH3 is 6. The SMILES string of the molecule is COc1cc(-c2ccc(N(C)CCCN(C)c3ccc(-c4cc(OC)c(OC)c(OC)c4)nc3)cn2)cc(OC)c1OC. The van der Waals surface area contributed by atoms with E-state index >= 15 is 0 Å². The molecule has 0 saturated heterocycles. The van der Waals surface area contributed by atoms with Gasteiger partial charge < -0.3 is 38.2 Å². The van der Waals surface area contributed by atoms with Crippen LogP contribution in [0.3, 0.4) is 0 Å². The minimum Gasteiger partial charge on any atom is -0.493 e. The molecule has 43 heavy (non-hydrogen) atoms. The molecule has 0 saturated carbocycles. The van der Waals surface area contributed by atoms with E-state index in [4.69, 9.17) is 38.4 Å². The minimum atomic E-state index is 0.556. The Balaban J connectivity index is 1.36. The van der Waals surface area contributed by atoms with Crippen molar-refractivity contribution in [3.63, 3.8) is 0 Å². The first-order valence-electron chi connectivity index (χ1n) is 13.8. The van der Waals surface area contributed by atoms with Crippen LogP contribution in [0.25, 0.3) is 22.5 Å². The second kappa shape index (κ2) is 14.4. The molecule has 0 amide bonds. The van der Waals surface area contributed by atoms with Crippen molar-refractivity contribution in [1.82, 2.24) is 9.97 Å². The smallest absolute Gasteiger partial charge is 0.203 e. The molecule has 0 aliphatic heterocycles. The zero-order valence-corrected chi connectivity index (χ0v) is 26.1. The highest BCUT2D eigenvalue weighted by atomic mass is 16.5. The maximum Gasteiger partial charge on any atom is 0.203 e. The zero-order valence-electron chi connectivity index (χ0n) is 26.1. The number of aromatic nitrogens is 2. The summed E-state index contributed by atoms with van der Waals surface area (Å²) >= 11 is 0. The van der Waals surface area contributed by atoms with Gasteiger partial charge in [-0.05, 0) is 55.0 Å². The van der Waals surface area contributed by atoms with E-state index in [1.54, 1.807) is 42.7 Å². The van der Waals surface area contributed by atoms with E-state index in [-0.39, 0.29) is 0 Å². The summed E-state index contributed by atoms with van der Waals surface area (Å²) < 4.78 is 32.8. The van der Waals surface area contributed by atoms with Gasteiger partial charge in [-0.3, -0.25) is 9.97 Å². The molecule has 2 aromatic heterocycles. The lowest BCUT2D eigenvalue weighted by molar-refractivity contribution is 0.324. The van der Waals surface area contributed by atoms with Crippen molar-refractivity contribution < 1.29 is 28.4 Å². The average Bonchev–Trinajstić information content (AvgIpc) is 3.06. The van der Waals surface area contributed by atoms with Crippen LogP contribution in [0.15, 0.2) is 60.9 Å². The molecule has 10 heteroatoms. The van der Waals surface area contributed by atoms with Crippen LogP contribution in [0.1, 0.15) is 6.42 Å². The van der Waals surface area contributed by atoms with Crippen LogP contribution < -0.4 is 38.2 Å². The van der Waals surface area contributed by atoms with Gasteiger partial charge in [0.25, 0.3) is 0 Å². The van der Waals surface area contributed by atoms with Crippen molar-refractivity contribution >= 4 is 11.4 Å². The molecule has 0 N–H and O–H groups in total. The Morgan fingerprint density at radius 1 is 0.512 bits per heavy atom. The lowest BCUT2D eigenvalue weighted by Crippen LogP contribution is -2.25. The van der Waals surface area contributed by atoms with Crippen molar-refractivity contribution in [3.05, 3.63) is 60.9 Å². The summed E-state index contributed by atoms with van der Waals surface area (Å²) in [6, 6.07) is 15.7. The minimum absolute atomic E-state index is 0.556. The predicted octanol–water partition coefficient (Wildman–Crippen LogP) is 5.82. The molecule has 10 nitrogen and oxygen atoms in total. The molecule has 0 fully saturated rings. The van der Waals surface area contributed by atoms with Crippen molar-refractivity contribution in [1.29, 1.82) is 0 Å². The van der Waals surface area contributed by atoms with Gasteiger partial charge >= 0.3 is 0 Å². The third-order valence-electron chi connectivity index (χ3n) is 7.29. The van der Waals surface area contributed by atoms with Gasteiger partial charge in [-0.15, -0.1) is 0 Å². The Morgan fingerprint density at radius 2 is 0.860 bits per heavy atom. The Kier molecular flexibility index (Phi) is 10.4. The quantitative estimate of drug-likeness (QED) is 0.179. The zero-order chi connectivity index (χ0) is 30.9. The van der Waals surface area contributed by atoms with Crippen LogP contribution in [0.5, 0.6) is 34.5 Å². The van der Waals surface area contributed by atoms with Crippen molar-refractivity contribution in [3.8, 4) is 57.0 Å². The van der Waals surface area contributed by atoms with E-state index in [0.29, 0.717) is 34.5 Å². The van der Waals surface area contributed by atoms with E-state index < -0.39 is 0 Å². The van der Waals surface area contributed by atoms with E-state index in [2.05, 4.69) is 36.0 Å². The van der Waals surface area contributed by atoms with Crippen LogP contribution in [-0.2, 0) is 0 Å². The Morgan fingerprint density at radius 3 is 1.12 bits per heavy atom. The third kappa shape index (κ3) is 6.97. The summed E-state index contributed by atoms with van der Waals surface area (Å²) in [6.45, 7) is 1.74.